The molecule has 2 fully saturated rings. The minimum atomic E-state index is -0.515. The van der Waals surface area contributed by atoms with E-state index in [1.807, 2.05) is 6.07 Å². The molecule has 1 amide bonds. The van der Waals surface area contributed by atoms with Gasteiger partial charge in [-0.1, -0.05) is 42.3 Å². The Morgan fingerprint density at radius 3 is 2.57 bits per heavy atom. The van der Waals surface area contributed by atoms with Gasteiger partial charge in [0.15, 0.2) is 0 Å². The first kappa shape index (κ1) is 21.2. The van der Waals surface area contributed by atoms with Crippen LogP contribution < -0.4 is 9.46 Å². The van der Waals surface area contributed by atoms with Crippen molar-refractivity contribution in [2.24, 2.45) is 5.92 Å². The van der Waals surface area contributed by atoms with E-state index in [0.717, 1.165) is 50.9 Å². The average Bonchev–Trinajstić information content (AvgIpc) is 3.59. The molecule has 0 unspecified atom stereocenters. The summed E-state index contributed by atoms with van der Waals surface area (Å²) in [4.78, 5) is 14.6. The Bertz CT molecular complexity index is 865. The lowest BCUT2D eigenvalue weighted by Gasteiger charge is -2.32. The molecule has 1 saturated heterocycles. The predicted octanol–water partition coefficient (Wildman–Crippen LogP) is 5.00. The number of carbonyl (C=O) groups excluding carboxylic acids is 1. The molecular weight excluding hydrogens is 399 g/mol. The Morgan fingerprint density at radius 1 is 1.17 bits per heavy atom. The van der Waals surface area contributed by atoms with E-state index in [-0.39, 0.29) is 11.5 Å². The van der Waals surface area contributed by atoms with Crippen LogP contribution in [0.2, 0.25) is 0 Å². The number of carbonyl (C=O) groups is 1. The summed E-state index contributed by atoms with van der Waals surface area (Å²) in [6, 6.07) is 13.7. The van der Waals surface area contributed by atoms with Crippen LogP contribution in [0.25, 0.3) is 0 Å². The Balaban J connectivity index is 1.34. The summed E-state index contributed by atoms with van der Waals surface area (Å²) in [5.41, 5.74) is 2.43. The number of benzene rings is 2. The molecule has 1 saturated carbocycles. The van der Waals surface area contributed by atoms with Gasteiger partial charge in [-0.15, -0.1) is 0 Å². The van der Waals surface area contributed by atoms with Gasteiger partial charge in [-0.25, -0.2) is 4.39 Å². The molecule has 6 heteroatoms. The van der Waals surface area contributed by atoms with Gasteiger partial charge < -0.3 is 4.74 Å². The molecule has 4 rings (SSSR count). The van der Waals surface area contributed by atoms with Crippen LogP contribution in [-0.2, 0) is 6.54 Å². The standard InChI is InChI=1S/C24H29FN2O2S/c1-30-26-24(28)21-13-20(19-7-8-19)23(14-22(21)25)29-16-18-9-11-27(12-10-18)15-17-5-3-2-4-6-17/h2-6,13-14,18-19H,7-12,15-16H2,1H3,(H,26,28). The summed E-state index contributed by atoms with van der Waals surface area (Å²) >= 11 is 1.18. The normalized spacial score (nSPS) is 17.7. The highest BCUT2D eigenvalue weighted by atomic mass is 32.2. The van der Waals surface area contributed by atoms with Crippen molar-refractivity contribution < 1.29 is 13.9 Å². The maximum absolute atomic E-state index is 14.6. The summed E-state index contributed by atoms with van der Waals surface area (Å²) in [6.45, 7) is 3.71. The Morgan fingerprint density at radius 2 is 1.90 bits per heavy atom. The number of likely N-dealkylation sites (tertiary alicyclic amines) is 1. The fraction of sp³-hybridized carbons (Fsp3) is 0.458. The van der Waals surface area contributed by atoms with Crippen LogP contribution in [0.5, 0.6) is 5.75 Å². The second-order valence-electron chi connectivity index (χ2n) is 8.30. The van der Waals surface area contributed by atoms with E-state index in [2.05, 4.69) is 33.9 Å². The molecule has 2 aliphatic rings. The molecule has 30 heavy (non-hydrogen) atoms. The number of amides is 1. The monoisotopic (exact) mass is 428 g/mol. The molecule has 2 aromatic rings. The number of rotatable bonds is 8. The number of nitrogens with one attached hydrogen (secondary N) is 1. The van der Waals surface area contributed by atoms with Crippen molar-refractivity contribution in [3.8, 4) is 5.75 Å². The van der Waals surface area contributed by atoms with Crippen molar-refractivity contribution in [3.63, 3.8) is 0 Å². The second-order valence-corrected chi connectivity index (χ2v) is 8.91. The van der Waals surface area contributed by atoms with Crippen molar-refractivity contribution in [1.29, 1.82) is 0 Å². The minimum absolute atomic E-state index is 0.104. The number of piperidine rings is 1. The lowest BCUT2D eigenvalue weighted by Crippen LogP contribution is -2.35. The first-order valence-electron chi connectivity index (χ1n) is 10.7. The van der Waals surface area contributed by atoms with Gasteiger partial charge in [-0.2, -0.15) is 0 Å². The van der Waals surface area contributed by atoms with Crippen LogP contribution in [0.1, 0.15) is 53.1 Å². The van der Waals surface area contributed by atoms with Gasteiger partial charge in [-0.05, 0) is 67.8 Å². The first-order valence-corrected chi connectivity index (χ1v) is 11.9. The summed E-state index contributed by atoms with van der Waals surface area (Å²) in [7, 11) is 0. The van der Waals surface area contributed by atoms with Gasteiger partial charge in [0.2, 0.25) is 0 Å². The van der Waals surface area contributed by atoms with E-state index < -0.39 is 5.82 Å². The molecule has 1 aliphatic carbocycles. The zero-order valence-electron chi connectivity index (χ0n) is 17.4. The fourth-order valence-corrected chi connectivity index (χ4v) is 4.39. The van der Waals surface area contributed by atoms with Crippen LogP contribution in [0.15, 0.2) is 42.5 Å². The molecule has 160 valence electrons. The summed E-state index contributed by atoms with van der Waals surface area (Å²) in [5.74, 6) is 0.570. The highest BCUT2D eigenvalue weighted by molar-refractivity contribution is 7.97. The lowest BCUT2D eigenvalue weighted by atomic mass is 9.97. The Kier molecular flexibility index (Phi) is 6.95. The molecule has 1 heterocycles. The molecule has 0 radical (unpaired) electrons. The van der Waals surface area contributed by atoms with Crippen LogP contribution in [0.3, 0.4) is 0 Å². The molecular formula is C24H29FN2O2S. The zero-order chi connectivity index (χ0) is 20.9. The molecule has 0 bridgehead atoms. The number of ether oxygens (including phenoxy) is 1. The molecule has 2 aromatic carbocycles. The number of halogens is 1. The van der Waals surface area contributed by atoms with E-state index in [0.29, 0.717) is 24.2 Å². The Hall–Kier alpha value is -2.05. The lowest BCUT2D eigenvalue weighted by molar-refractivity contribution is 0.0980. The summed E-state index contributed by atoms with van der Waals surface area (Å²) in [6.07, 6.45) is 6.07. The molecule has 0 aromatic heterocycles. The third kappa shape index (κ3) is 5.35. The van der Waals surface area contributed by atoms with Gasteiger partial charge >= 0.3 is 0 Å². The van der Waals surface area contributed by atoms with E-state index in [9.17, 15) is 9.18 Å². The molecule has 0 atom stereocenters. The number of hydrogen-bond acceptors (Lipinski definition) is 4. The minimum Gasteiger partial charge on any atom is -0.493 e. The smallest absolute Gasteiger partial charge is 0.264 e. The van der Waals surface area contributed by atoms with Gasteiger partial charge in [-0.3, -0.25) is 14.4 Å². The Labute approximate surface area is 182 Å². The van der Waals surface area contributed by atoms with Crippen molar-refractivity contribution in [1.82, 2.24) is 9.62 Å². The van der Waals surface area contributed by atoms with Crippen molar-refractivity contribution in [2.75, 3.05) is 26.0 Å². The van der Waals surface area contributed by atoms with Crippen LogP contribution >= 0.6 is 11.9 Å². The maximum atomic E-state index is 14.6. The van der Waals surface area contributed by atoms with E-state index in [4.69, 9.17) is 4.74 Å². The predicted molar refractivity (Wildman–Crippen MR) is 119 cm³/mol. The van der Waals surface area contributed by atoms with Crippen molar-refractivity contribution in [3.05, 3.63) is 65.0 Å². The van der Waals surface area contributed by atoms with Crippen LogP contribution in [-0.4, -0.2) is 36.8 Å². The topological polar surface area (TPSA) is 41.6 Å². The van der Waals surface area contributed by atoms with E-state index in [1.54, 1.807) is 12.3 Å². The highest BCUT2D eigenvalue weighted by Gasteiger charge is 2.30. The van der Waals surface area contributed by atoms with Crippen molar-refractivity contribution in [2.45, 2.75) is 38.1 Å². The number of nitrogens with zero attached hydrogens (tertiary/aromatic N) is 1. The third-order valence-electron chi connectivity index (χ3n) is 5.99. The average molecular weight is 429 g/mol. The largest absolute Gasteiger partial charge is 0.493 e. The molecule has 1 aliphatic heterocycles. The molecule has 4 nitrogen and oxygen atoms in total. The third-order valence-corrected chi connectivity index (χ3v) is 6.38. The van der Waals surface area contributed by atoms with Gasteiger partial charge in [0.1, 0.15) is 11.6 Å². The molecule has 1 N–H and O–H groups in total. The maximum Gasteiger partial charge on any atom is 0.264 e. The van der Waals surface area contributed by atoms with Gasteiger partial charge in [0.25, 0.3) is 5.91 Å². The quantitative estimate of drug-likeness (QED) is 0.601. The van der Waals surface area contributed by atoms with E-state index >= 15 is 0 Å². The van der Waals surface area contributed by atoms with Crippen molar-refractivity contribution >= 4 is 17.9 Å². The number of hydrogen-bond donors (Lipinski definition) is 1. The molecule has 0 spiro atoms. The summed E-state index contributed by atoms with van der Waals surface area (Å²) < 4.78 is 23.3. The van der Waals surface area contributed by atoms with Gasteiger partial charge in [0, 0.05) is 18.9 Å². The SMILES string of the molecule is CSNC(=O)c1cc(C2CC2)c(OCC2CCN(Cc3ccccc3)CC2)cc1F. The van der Waals surface area contributed by atoms with Gasteiger partial charge in [0.05, 0.1) is 12.2 Å². The van der Waals surface area contributed by atoms with Crippen LogP contribution in [0, 0.1) is 11.7 Å². The highest BCUT2D eigenvalue weighted by Crippen LogP contribution is 2.45. The summed E-state index contributed by atoms with van der Waals surface area (Å²) in [5, 5.41) is 0. The fourth-order valence-electron chi connectivity index (χ4n) is 4.09. The second kappa shape index (κ2) is 9.84. The zero-order valence-corrected chi connectivity index (χ0v) is 18.2. The first-order chi connectivity index (χ1) is 14.6. The van der Waals surface area contributed by atoms with Crippen LogP contribution in [0.4, 0.5) is 4.39 Å². The van der Waals surface area contributed by atoms with E-state index in [1.165, 1.54) is 23.6 Å².